The van der Waals surface area contributed by atoms with E-state index in [1.54, 1.807) is 17.0 Å². The molecular formula is C15H23FN2O. The van der Waals surface area contributed by atoms with Crippen LogP contribution in [0.2, 0.25) is 0 Å². The number of likely N-dealkylation sites (N-methyl/N-ethyl adjacent to an activating group) is 1. The minimum absolute atomic E-state index is 0.0490. The Balaban J connectivity index is 2.73. The van der Waals surface area contributed by atoms with Gasteiger partial charge >= 0.3 is 0 Å². The Bertz CT molecular complexity index is 403. The maximum Gasteiger partial charge on any atom is 0.237 e. The number of nitrogens with zero attached hydrogens (tertiary/aromatic N) is 1. The first-order chi connectivity index (χ1) is 8.95. The van der Waals surface area contributed by atoms with Crippen molar-refractivity contribution in [3.8, 4) is 0 Å². The van der Waals surface area contributed by atoms with E-state index in [1.165, 1.54) is 12.1 Å². The van der Waals surface area contributed by atoms with Crippen LogP contribution in [0, 0.1) is 5.82 Å². The summed E-state index contributed by atoms with van der Waals surface area (Å²) in [6.07, 6.45) is 0. The van der Waals surface area contributed by atoms with Gasteiger partial charge in [-0.1, -0.05) is 26.0 Å². The Hall–Kier alpha value is -1.42. The Labute approximate surface area is 114 Å². The van der Waals surface area contributed by atoms with Crippen molar-refractivity contribution in [3.05, 3.63) is 35.6 Å². The van der Waals surface area contributed by atoms with Gasteiger partial charge in [0.1, 0.15) is 5.82 Å². The van der Waals surface area contributed by atoms with Crippen LogP contribution in [0.3, 0.4) is 0 Å². The summed E-state index contributed by atoms with van der Waals surface area (Å²) in [5.41, 5.74) is 0.946. The lowest BCUT2D eigenvalue weighted by atomic mass is 10.1. The zero-order valence-electron chi connectivity index (χ0n) is 12.1. The third-order valence-corrected chi connectivity index (χ3v) is 3.14. The maximum absolute atomic E-state index is 12.9. The molecule has 0 aliphatic carbocycles. The number of amides is 1. The minimum atomic E-state index is -0.258. The highest BCUT2D eigenvalue weighted by Crippen LogP contribution is 2.20. The molecule has 0 fully saturated rings. The Morgan fingerprint density at radius 2 is 1.84 bits per heavy atom. The molecule has 0 heterocycles. The van der Waals surface area contributed by atoms with E-state index in [4.69, 9.17) is 0 Å². The normalized spacial score (nSPS) is 12.5. The molecule has 1 aromatic carbocycles. The number of rotatable bonds is 6. The van der Waals surface area contributed by atoms with Crippen LogP contribution < -0.4 is 5.32 Å². The molecule has 1 unspecified atom stereocenters. The fourth-order valence-corrected chi connectivity index (χ4v) is 1.98. The van der Waals surface area contributed by atoms with Gasteiger partial charge in [0.25, 0.3) is 0 Å². The van der Waals surface area contributed by atoms with E-state index < -0.39 is 0 Å². The molecule has 19 heavy (non-hydrogen) atoms. The average molecular weight is 266 g/mol. The molecule has 1 atom stereocenters. The predicted molar refractivity (Wildman–Crippen MR) is 75.3 cm³/mol. The molecular weight excluding hydrogens is 243 g/mol. The number of carbonyl (C=O) groups is 1. The van der Waals surface area contributed by atoms with E-state index in [9.17, 15) is 9.18 Å². The quantitative estimate of drug-likeness (QED) is 0.858. The summed E-state index contributed by atoms with van der Waals surface area (Å²) in [5.74, 6) is -0.195. The van der Waals surface area contributed by atoms with Gasteiger partial charge in [-0.05, 0) is 31.5 Å². The summed E-state index contributed by atoms with van der Waals surface area (Å²) in [6, 6.07) is 6.54. The first-order valence-electron chi connectivity index (χ1n) is 6.74. The molecule has 106 valence electrons. The Morgan fingerprint density at radius 3 is 2.32 bits per heavy atom. The van der Waals surface area contributed by atoms with Gasteiger partial charge in [0.2, 0.25) is 5.91 Å². The zero-order chi connectivity index (χ0) is 14.4. The van der Waals surface area contributed by atoms with Crippen LogP contribution in [0.25, 0.3) is 0 Å². The second-order valence-corrected chi connectivity index (χ2v) is 4.94. The van der Waals surface area contributed by atoms with Crippen LogP contribution in [-0.2, 0) is 4.79 Å². The molecule has 0 saturated carbocycles. The van der Waals surface area contributed by atoms with E-state index in [0.717, 1.165) is 5.56 Å². The number of benzene rings is 1. The van der Waals surface area contributed by atoms with Gasteiger partial charge in [-0.2, -0.15) is 0 Å². The highest BCUT2D eigenvalue weighted by Gasteiger charge is 2.19. The van der Waals surface area contributed by atoms with Gasteiger partial charge in [-0.15, -0.1) is 0 Å². The van der Waals surface area contributed by atoms with Crippen LogP contribution in [0.5, 0.6) is 0 Å². The smallest absolute Gasteiger partial charge is 0.237 e. The van der Waals surface area contributed by atoms with Gasteiger partial charge in [-0.3, -0.25) is 4.79 Å². The molecule has 1 aromatic rings. The summed E-state index contributed by atoms with van der Waals surface area (Å²) in [6.45, 7) is 8.89. The van der Waals surface area contributed by atoms with Crippen molar-refractivity contribution in [1.29, 1.82) is 0 Å². The van der Waals surface area contributed by atoms with Gasteiger partial charge in [-0.25, -0.2) is 4.39 Å². The third-order valence-electron chi connectivity index (χ3n) is 3.14. The lowest BCUT2D eigenvalue weighted by Crippen LogP contribution is -2.41. The van der Waals surface area contributed by atoms with Crippen molar-refractivity contribution in [2.24, 2.45) is 0 Å². The Morgan fingerprint density at radius 1 is 1.26 bits per heavy atom. The molecule has 1 N–H and O–H groups in total. The van der Waals surface area contributed by atoms with Crippen LogP contribution in [-0.4, -0.2) is 29.9 Å². The molecule has 0 saturated heterocycles. The average Bonchev–Trinajstić information content (AvgIpc) is 2.37. The van der Waals surface area contributed by atoms with Gasteiger partial charge in [0.15, 0.2) is 0 Å². The number of hydrogen-bond acceptors (Lipinski definition) is 2. The number of carbonyl (C=O) groups excluding carboxylic acids is 1. The maximum atomic E-state index is 12.9. The van der Waals surface area contributed by atoms with Gasteiger partial charge in [0.05, 0.1) is 12.6 Å². The molecule has 0 aliphatic rings. The second kappa shape index (κ2) is 7.24. The molecule has 3 nitrogen and oxygen atoms in total. The zero-order valence-corrected chi connectivity index (χ0v) is 12.1. The van der Waals surface area contributed by atoms with Crippen molar-refractivity contribution in [3.63, 3.8) is 0 Å². The highest BCUT2D eigenvalue weighted by atomic mass is 19.1. The minimum Gasteiger partial charge on any atom is -0.335 e. The molecule has 0 aromatic heterocycles. The molecule has 0 bridgehead atoms. The van der Waals surface area contributed by atoms with E-state index in [1.807, 2.05) is 27.7 Å². The van der Waals surface area contributed by atoms with E-state index >= 15 is 0 Å². The molecule has 1 rings (SSSR count). The molecule has 0 spiro atoms. The number of halogens is 1. The SMILES string of the molecule is CCN(C(=O)CNC(C)C)C(C)c1ccc(F)cc1. The largest absolute Gasteiger partial charge is 0.335 e. The van der Waals surface area contributed by atoms with Gasteiger partial charge < -0.3 is 10.2 Å². The summed E-state index contributed by atoms with van der Waals surface area (Å²) in [5, 5.41) is 3.12. The number of nitrogens with one attached hydrogen (secondary N) is 1. The fourth-order valence-electron chi connectivity index (χ4n) is 1.98. The fraction of sp³-hybridized carbons (Fsp3) is 0.533. The topological polar surface area (TPSA) is 32.3 Å². The van der Waals surface area contributed by atoms with E-state index in [-0.39, 0.29) is 23.8 Å². The first-order valence-corrected chi connectivity index (χ1v) is 6.74. The Kier molecular flexibility index (Phi) is 5.96. The van der Waals surface area contributed by atoms with Crippen LogP contribution >= 0.6 is 0 Å². The summed E-state index contributed by atoms with van der Waals surface area (Å²) in [4.78, 5) is 13.9. The monoisotopic (exact) mass is 266 g/mol. The predicted octanol–water partition coefficient (Wildman–Crippen LogP) is 2.73. The van der Waals surface area contributed by atoms with Crippen molar-refractivity contribution in [2.45, 2.75) is 39.8 Å². The van der Waals surface area contributed by atoms with Crippen molar-refractivity contribution in [1.82, 2.24) is 10.2 Å². The summed E-state index contributed by atoms with van der Waals surface area (Å²) in [7, 11) is 0. The molecule has 1 amide bonds. The van der Waals surface area contributed by atoms with Crippen LogP contribution in [0.1, 0.15) is 39.3 Å². The van der Waals surface area contributed by atoms with Gasteiger partial charge in [0, 0.05) is 12.6 Å². The van der Waals surface area contributed by atoms with E-state index in [0.29, 0.717) is 13.1 Å². The second-order valence-electron chi connectivity index (χ2n) is 4.94. The van der Waals surface area contributed by atoms with Crippen molar-refractivity contribution in [2.75, 3.05) is 13.1 Å². The van der Waals surface area contributed by atoms with Crippen molar-refractivity contribution >= 4 is 5.91 Å². The molecule has 0 aliphatic heterocycles. The molecule has 4 heteroatoms. The third kappa shape index (κ3) is 4.63. The summed E-state index contributed by atoms with van der Waals surface area (Å²) < 4.78 is 12.9. The van der Waals surface area contributed by atoms with Crippen molar-refractivity contribution < 1.29 is 9.18 Å². The van der Waals surface area contributed by atoms with Crippen LogP contribution in [0.4, 0.5) is 4.39 Å². The van der Waals surface area contributed by atoms with Crippen LogP contribution in [0.15, 0.2) is 24.3 Å². The number of hydrogen-bond donors (Lipinski definition) is 1. The van der Waals surface area contributed by atoms with E-state index in [2.05, 4.69) is 5.32 Å². The standard InChI is InChI=1S/C15H23FN2O/c1-5-18(15(19)10-17-11(2)3)12(4)13-6-8-14(16)9-7-13/h6-9,11-12,17H,5,10H2,1-4H3. The summed E-state index contributed by atoms with van der Waals surface area (Å²) >= 11 is 0. The highest BCUT2D eigenvalue weighted by molar-refractivity contribution is 5.78. The lowest BCUT2D eigenvalue weighted by Gasteiger charge is -2.29. The first kappa shape index (κ1) is 15.6. The molecule has 0 radical (unpaired) electrons. The lowest BCUT2D eigenvalue weighted by molar-refractivity contribution is -0.132.